The van der Waals surface area contributed by atoms with E-state index in [1.54, 1.807) is 6.20 Å². The monoisotopic (exact) mass is 458 g/mol. The van der Waals surface area contributed by atoms with Gasteiger partial charge in [0.1, 0.15) is 5.65 Å². The number of rotatable bonds is 5. The number of ether oxygens (including phenoxy) is 1. The Morgan fingerprint density at radius 1 is 1.48 bits per heavy atom. The molecule has 0 radical (unpaired) electrons. The molecule has 1 saturated heterocycles. The third kappa shape index (κ3) is 3.72. The second-order valence-corrected chi connectivity index (χ2v) is 9.21. The maximum absolute atomic E-state index is 11.5. The number of H-pyrrole nitrogens is 1. The van der Waals surface area contributed by atoms with Gasteiger partial charge >= 0.3 is 0 Å². The molecule has 1 aliphatic heterocycles. The van der Waals surface area contributed by atoms with Crippen LogP contribution in [0.1, 0.15) is 13.9 Å². The summed E-state index contributed by atoms with van der Waals surface area (Å²) < 4.78 is 38.1. The van der Waals surface area contributed by atoms with Crippen molar-refractivity contribution in [1.82, 2.24) is 24.2 Å². The molecule has 5 rings (SSSR count). The van der Waals surface area contributed by atoms with Crippen LogP contribution in [0.15, 0.2) is 29.9 Å². The van der Waals surface area contributed by atoms with E-state index >= 15 is 0 Å². The molecule has 9 nitrogen and oxygen atoms in total. The highest BCUT2D eigenvalue weighted by Gasteiger charge is 2.26. The average Bonchev–Trinajstić information content (AvgIpc) is 3.44. The average molecular weight is 459 g/mol. The molecule has 4 aromatic rings. The summed E-state index contributed by atoms with van der Waals surface area (Å²) in [7, 11) is -0.354. The van der Waals surface area contributed by atoms with Crippen molar-refractivity contribution >= 4 is 49.7 Å². The first-order valence-corrected chi connectivity index (χ1v) is 11.7. The van der Waals surface area contributed by atoms with Crippen molar-refractivity contribution in [2.75, 3.05) is 31.7 Å². The number of nitrogens with one attached hydrogen (secondary N) is 1. The minimum atomic E-state index is -2.48. The largest absolute Gasteiger partial charge is 0.760 e. The third-order valence-electron chi connectivity index (χ3n) is 5.37. The maximum Gasteiger partial charge on any atom is 0.163 e. The number of morpholine rings is 1. The van der Waals surface area contributed by atoms with E-state index in [-0.39, 0.29) is 19.6 Å². The number of pyridine rings is 1. The number of aromatic amines is 1. The lowest BCUT2D eigenvalue weighted by Crippen LogP contribution is -2.44. The van der Waals surface area contributed by atoms with Crippen molar-refractivity contribution in [2.24, 2.45) is 0 Å². The van der Waals surface area contributed by atoms with Crippen LogP contribution in [-0.4, -0.2) is 65.8 Å². The number of aromatic nitrogens is 4. The summed E-state index contributed by atoms with van der Waals surface area (Å²) >= 11 is -0.988. The molecule has 31 heavy (non-hydrogen) atoms. The summed E-state index contributed by atoms with van der Waals surface area (Å²) in [4.78, 5) is 19.6. The fourth-order valence-electron chi connectivity index (χ4n) is 3.82. The lowest BCUT2D eigenvalue weighted by atomic mass is 10.1. The molecule has 162 valence electrons. The van der Waals surface area contributed by atoms with Gasteiger partial charge in [0.2, 0.25) is 0 Å². The summed E-state index contributed by atoms with van der Waals surface area (Å²) in [6, 6.07) is 3.97. The molecular formula is C20H21N6O3S2-. The van der Waals surface area contributed by atoms with Crippen molar-refractivity contribution in [2.45, 2.75) is 19.5 Å². The van der Waals surface area contributed by atoms with E-state index in [9.17, 15) is 8.76 Å². The summed E-state index contributed by atoms with van der Waals surface area (Å²) in [5.74, 6) is 1.37. The van der Waals surface area contributed by atoms with Crippen LogP contribution in [0.4, 0.5) is 5.82 Å². The third-order valence-corrected chi connectivity index (χ3v) is 6.93. The van der Waals surface area contributed by atoms with Gasteiger partial charge in [-0.2, -0.15) is 0 Å². The van der Waals surface area contributed by atoms with Gasteiger partial charge in [-0.1, -0.05) is 0 Å². The molecule has 2 atom stereocenters. The van der Waals surface area contributed by atoms with E-state index in [2.05, 4.69) is 21.8 Å². The molecule has 4 aromatic heterocycles. The van der Waals surface area contributed by atoms with Crippen LogP contribution in [0, 0.1) is 0 Å². The van der Waals surface area contributed by atoms with Crippen LogP contribution in [0.3, 0.4) is 0 Å². The maximum atomic E-state index is 11.5. The van der Waals surface area contributed by atoms with Crippen molar-refractivity contribution < 1.29 is 14.9 Å². The normalized spacial score (nSPS) is 18.7. The Morgan fingerprint density at radius 2 is 2.39 bits per heavy atom. The predicted octanol–water partition coefficient (Wildman–Crippen LogP) is 2.69. The van der Waals surface area contributed by atoms with Crippen LogP contribution in [-0.2, 0) is 22.5 Å². The Kier molecular flexibility index (Phi) is 5.12. The van der Waals surface area contributed by atoms with E-state index in [4.69, 9.17) is 16.1 Å². The molecule has 0 bridgehead atoms. The Hall–Kier alpha value is -2.44. The number of thiophene rings is 1. The van der Waals surface area contributed by atoms with Crippen LogP contribution < -0.4 is 4.90 Å². The van der Waals surface area contributed by atoms with E-state index in [0.717, 1.165) is 37.0 Å². The first-order valence-electron chi connectivity index (χ1n) is 10.5. The predicted molar refractivity (Wildman–Crippen MR) is 121 cm³/mol. The fourth-order valence-corrected chi connectivity index (χ4v) is 5.07. The van der Waals surface area contributed by atoms with E-state index in [1.165, 1.54) is 11.3 Å². The molecule has 0 saturated carbocycles. The second-order valence-electron chi connectivity index (χ2n) is 7.38. The minimum absolute atomic E-state index is 0.0874. The second kappa shape index (κ2) is 8.24. The highest BCUT2D eigenvalue weighted by molar-refractivity contribution is 7.76. The SMILES string of the molecule is [2H]CN(Cc1csc2c(N3CCOC[C@H]3C)nc(-c3ccnc4[nH]ccc34)nc12)S(=O)[O-]. The van der Waals surface area contributed by atoms with Crippen molar-refractivity contribution in [3.05, 3.63) is 35.5 Å². The minimum Gasteiger partial charge on any atom is -0.760 e. The van der Waals surface area contributed by atoms with Crippen LogP contribution in [0.2, 0.25) is 0 Å². The molecule has 0 amide bonds. The smallest absolute Gasteiger partial charge is 0.163 e. The van der Waals surface area contributed by atoms with Gasteiger partial charge in [0.15, 0.2) is 11.6 Å². The number of nitrogens with zero attached hydrogens (tertiary/aromatic N) is 5. The van der Waals surface area contributed by atoms with Gasteiger partial charge in [-0.05, 0) is 31.5 Å². The summed E-state index contributed by atoms with van der Waals surface area (Å²) in [6.45, 7) is 4.12. The Morgan fingerprint density at radius 3 is 3.19 bits per heavy atom. The lowest BCUT2D eigenvalue weighted by molar-refractivity contribution is 0.0987. The topological polar surface area (TPSA) is 110 Å². The van der Waals surface area contributed by atoms with Crippen molar-refractivity contribution in [3.8, 4) is 11.4 Å². The molecule has 1 unspecified atom stereocenters. The van der Waals surface area contributed by atoms with Gasteiger partial charge in [-0.3, -0.25) is 4.21 Å². The van der Waals surface area contributed by atoms with E-state index in [1.807, 2.05) is 23.7 Å². The first kappa shape index (κ1) is 19.3. The van der Waals surface area contributed by atoms with Crippen molar-refractivity contribution in [3.63, 3.8) is 0 Å². The zero-order chi connectivity index (χ0) is 22.2. The van der Waals surface area contributed by atoms with Gasteiger partial charge in [0.25, 0.3) is 0 Å². The standard InChI is InChI=1S/C20H22N6O3S2/c1-12-10-29-8-7-26(12)20-17-16(13(11-30-17)9-25(2)31(27)28)23-19(24-20)15-4-6-22-18-14(15)3-5-21-18/h3-6,11-12H,7-10H2,1-2H3,(H,21,22)(H,27,28)/p-1/t12-/m1/s1/i2D. The quantitative estimate of drug-likeness (QED) is 0.458. The number of fused-ring (bicyclic) bond motifs is 2. The van der Waals surface area contributed by atoms with Gasteiger partial charge in [0, 0.05) is 54.6 Å². The van der Waals surface area contributed by atoms with E-state index in [0.29, 0.717) is 31.1 Å². The van der Waals surface area contributed by atoms with Gasteiger partial charge < -0.3 is 19.2 Å². The molecule has 5 heterocycles. The molecule has 0 spiro atoms. The summed E-state index contributed by atoms with van der Waals surface area (Å²) in [5, 5.41) is 2.82. The number of hydrogen-bond donors (Lipinski definition) is 1. The van der Waals surface area contributed by atoms with Gasteiger partial charge in [-0.25, -0.2) is 19.3 Å². The highest BCUT2D eigenvalue weighted by Crippen LogP contribution is 2.37. The highest BCUT2D eigenvalue weighted by atomic mass is 32.2. The molecule has 0 aromatic carbocycles. The van der Waals surface area contributed by atoms with Crippen molar-refractivity contribution in [1.29, 1.82) is 0 Å². The number of hydrogen-bond acceptors (Lipinski definition) is 8. The van der Waals surface area contributed by atoms with E-state index < -0.39 is 11.3 Å². The summed E-state index contributed by atoms with van der Waals surface area (Å²) in [5.41, 5.74) is 3.06. The first-order chi connectivity index (χ1) is 15.6. The fraction of sp³-hybridized carbons (Fsp3) is 0.350. The van der Waals surface area contributed by atoms with Gasteiger partial charge in [-0.15, -0.1) is 11.3 Å². The Balaban J connectivity index is 1.71. The molecule has 1 aliphatic rings. The molecule has 11 heteroatoms. The molecular weight excluding hydrogens is 436 g/mol. The Bertz CT molecular complexity index is 1300. The van der Waals surface area contributed by atoms with Crippen LogP contribution in [0.25, 0.3) is 32.6 Å². The Labute approximate surface area is 186 Å². The zero-order valence-corrected chi connectivity index (χ0v) is 18.4. The lowest BCUT2D eigenvalue weighted by Gasteiger charge is -2.34. The molecule has 1 N–H and O–H groups in total. The number of anilines is 1. The molecule has 1 fully saturated rings. The summed E-state index contributed by atoms with van der Waals surface area (Å²) in [6.07, 6.45) is 3.55. The van der Waals surface area contributed by atoms with Crippen LogP contribution in [0.5, 0.6) is 0 Å². The zero-order valence-electron chi connectivity index (χ0n) is 17.8. The van der Waals surface area contributed by atoms with Gasteiger partial charge in [0.05, 0.1) is 29.5 Å². The van der Waals surface area contributed by atoms with Crippen LogP contribution >= 0.6 is 11.3 Å². The molecule has 0 aliphatic carbocycles.